The molecule has 1 fully saturated rings. The fourth-order valence-corrected chi connectivity index (χ4v) is 2.89. The van der Waals surface area contributed by atoms with Crippen LogP contribution in [0.15, 0.2) is 45.9 Å². The summed E-state index contributed by atoms with van der Waals surface area (Å²) in [5, 5.41) is 7.79. The third-order valence-corrected chi connectivity index (χ3v) is 4.02. The zero-order valence-corrected chi connectivity index (χ0v) is 13.4. The Morgan fingerprint density at radius 2 is 2.00 bits per heavy atom. The Kier molecular flexibility index (Phi) is 5.02. The normalized spacial score (nSPS) is 15.2. The van der Waals surface area contributed by atoms with Gasteiger partial charge in [-0.2, -0.15) is 5.10 Å². The van der Waals surface area contributed by atoms with Crippen LogP contribution in [0.25, 0.3) is 11.3 Å². The second-order valence-electron chi connectivity index (χ2n) is 5.51. The molecule has 6 heteroatoms. The molecule has 120 valence electrons. The lowest BCUT2D eigenvalue weighted by molar-refractivity contribution is 0.563. The van der Waals surface area contributed by atoms with Crippen molar-refractivity contribution in [3.8, 4) is 11.3 Å². The van der Waals surface area contributed by atoms with Gasteiger partial charge >= 0.3 is 0 Å². The number of thiocarbonyl (C=S) groups is 1. The number of halogens is 1. The average Bonchev–Trinajstić information content (AvgIpc) is 3.20. The first kappa shape index (κ1) is 15.7. The SMILES string of the molecule is Fc1ccccc1-c1ccc(/C=N\NC(=S)NC2CCCC2)o1. The summed E-state index contributed by atoms with van der Waals surface area (Å²) in [5.74, 6) is 0.682. The number of hydrazone groups is 1. The van der Waals surface area contributed by atoms with Crippen LogP contribution < -0.4 is 10.7 Å². The van der Waals surface area contributed by atoms with E-state index in [1.165, 1.54) is 25.1 Å². The van der Waals surface area contributed by atoms with E-state index in [4.69, 9.17) is 16.6 Å². The molecule has 0 spiro atoms. The zero-order chi connectivity index (χ0) is 16.1. The largest absolute Gasteiger partial charge is 0.455 e. The van der Waals surface area contributed by atoms with Crippen LogP contribution in [0.1, 0.15) is 31.4 Å². The molecule has 0 radical (unpaired) electrons. The highest BCUT2D eigenvalue weighted by atomic mass is 32.1. The Morgan fingerprint density at radius 1 is 1.22 bits per heavy atom. The molecule has 2 aromatic rings. The Bertz CT molecular complexity index is 707. The van der Waals surface area contributed by atoms with Crippen LogP contribution in [0.3, 0.4) is 0 Å². The van der Waals surface area contributed by atoms with E-state index in [9.17, 15) is 4.39 Å². The summed E-state index contributed by atoms with van der Waals surface area (Å²) >= 11 is 5.19. The van der Waals surface area contributed by atoms with Gasteiger partial charge in [0.25, 0.3) is 0 Å². The van der Waals surface area contributed by atoms with Gasteiger partial charge in [0.2, 0.25) is 0 Å². The Labute approximate surface area is 139 Å². The number of furan rings is 1. The first-order valence-electron chi connectivity index (χ1n) is 7.67. The van der Waals surface area contributed by atoms with Crippen molar-refractivity contribution in [2.45, 2.75) is 31.7 Å². The summed E-state index contributed by atoms with van der Waals surface area (Å²) in [7, 11) is 0. The topological polar surface area (TPSA) is 49.6 Å². The molecule has 3 rings (SSSR count). The van der Waals surface area contributed by atoms with Gasteiger partial charge in [0.05, 0.1) is 11.8 Å². The van der Waals surface area contributed by atoms with E-state index < -0.39 is 0 Å². The lowest BCUT2D eigenvalue weighted by Crippen LogP contribution is -2.38. The minimum absolute atomic E-state index is 0.314. The van der Waals surface area contributed by atoms with E-state index in [0.29, 0.717) is 28.2 Å². The molecule has 23 heavy (non-hydrogen) atoms. The van der Waals surface area contributed by atoms with E-state index in [1.54, 1.807) is 30.3 Å². The first-order valence-corrected chi connectivity index (χ1v) is 8.07. The minimum atomic E-state index is -0.314. The summed E-state index contributed by atoms with van der Waals surface area (Å²) in [5.41, 5.74) is 3.20. The monoisotopic (exact) mass is 331 g/mol. The number of hydrogen-bond donors (Lipinski definition) is 2. The van der Waals surface area contributed by atoms with Gasteiger partial charge in [0.15, 0.2) is 5.11 Å². The van der Waals surface area contributed by atoms with Crippen molar-refractivity contribution in [3.05, 3.63) is 48.0 Å². The van der Waals surface area contributed by atoms with Gasteiger partial charge in [-0.3, -0.25) is 5.43 Å². The maximum Gasteiger partial charge on any atom is 0.187 e. The Hall–Kier alpha value is -2.21. The van der Waals surface area contributed by atoms with Gasteiger partial charge in [-0.1, -0.05) is 25.0 Å². The maximum atomic E-state index is 13.7. The van der Waals surface area contributed by atoms with E-state index in [0.717, 1.165) is 12.8 Å². The fraction of sp³-hybridized carbons (Fsp3) is 0.294. The third kappa shape index (κ3) is 4.16. The average molecular weight is 331 g/mol. The standard InChI is InChI=1S/C17H18FN3OS/c18-15-8-4-3-7-14(15)16-10-9-13(22-16)11-19-21-17(23)20-12-5-1-2-6-12/h3-4,7-12H,1-2,5-6H2,(H2,20,21,23)/b19-11-. The quantitative estimate of drug-likeness (QED) is 0.508. The molecule has 1 aliphatic carbocycles. The van der Waals surface area contributed by atoms with Crippen LogP contribution in [-0.4, -0.2) is 17.4 Å². The second-order valence-corrected chi connectivity index (χ2v) is 5.91. The van der Waals surface area contributed by atoms with Crippen LogP contribution in [0.4, 0.5) is 4.39 Å². The molecule has 1 aromatic heterocycles. The van der Waals surface area contributed by atoms with Crippen LogP contribution in [0.5, 0.6) is 0 Å². The summed E-state index contributed by atoms with van der Waals surface area (Å²) < 4.78 is 19.3. The van der Waals surface area contributed by atoms with Gasteiger partial charge in [-0.15, -0.1) is 0 Å². The number of nitrogens with zero attached hydrogens (tertiary/aromatic N) is 1. The second kappa shape index (κ2) is 7.37. The lowest BCUT2D eigenvalue weighted by Gasteiger charge is -2.12. The lowest BCUT2D eigenvalue weighted by atomic mass is 10.1. The molecule has 4 nitrogen and oxygen atoms in total. The van der Waals surface area contributed by atoms with Crippen LogP contribution in [0, 0.1) is 5.82 Å². The van der Waals surface area contributed by atoms with Crippen molar-refractivity contribution in [1.82, 2.24) is 10.7 Å². The molecule has 0 atom stereocenters. The number of nitrogens with one attached hydrogen (secondary N) is 2. The minimum Gasteiger partial charge on any atom is -0.455 e. The smallest absolute Gasteiger partial charge is 0.187 e. The summed E-state index contributed by atoms with van der Waals surface area (Å²) in [6, 6.07) is 10.4. The van der Waals surface area contributed by atoms with Gasteiger partial charge < -0.3 is 9.73 Å². The molecule has 0 amide bonds. The molecule has 1 aliphatic rings. The van der Waals surface area contributed by atoms with Crippen molar-refractivity contribution in [2.24, 2.45) is 5.10 Å². The molecule has 2 N–H and O–H groups in total. The molecule has 0 unspecified atom stereocenters. The summed E-state index contributed by atoms with van der Waals surface area (Å²) in [6.07, 6.45) is 6.31. The highest BCUT2D eigenvalue weighted by Gasteiger charge is 2.15. The van der Waals surface area contributed by atoms with Crippen LogP contribution >= 0.6 is 12.2 Å². The number of hydrogen-bond acceptors (Lipinski definition) is 3. The predicted octanol–water partition coefficient (Wildman–Crippen LogP) is 3.83. The third-order valence-electron chi connectivity index (χ3n) is 3.81. The molecular formula is C17H18FN3OS. The fourth-order valence-electron chi connectivity index (χ4n) is 2.67. The number of benzene rings is 1. The molecule has 0 bridgehead atoms. The van der Waals surface area contributed by atoms with E-state index in [-0.39, 0.29) is 5.82 Å². The van der Waals surface area contributed by atoms with Crippen molar-refractivity contribution < 1.29 is 8.81 Å². The predicted molar refractivity (Wildman–Crippen MR) is 92.8 cm³/mol. The number of rotatable bonds is 4. The summed E-state index contributed by atoms with van der Waals surface area (Å²) in [6.45, 7) is 0. The molecular weight excluding hydrogens is 313 g/mol. The summed E-state index contributed by atoms with van der Waals surface area (Å²) in [4.78, 5) is 0. The molecule has 1 heterocycles. The van der Waals surface area contributed by atoms with Crippen LogP contribution in [-0.2, 0) is 0 Å². The zero-order valence-electron chi connectivity index (χ0n) is 12.6. The van der Waals surface area contributed by atoms with Gasteiger partial charge in [0.1, 0.15) is 17.3 Å². The van der Waals surface area contributed by atoms with E-state index in [1.807, 2.05) is 0 Å². The van der Waals surface area contributed by atoms with Crippen molar-refractivity contribution in [2.75, 3.05) is 0 Å². The maximum absolute atomic E-state index is 13.7. The molecule has 0 aliphatic heterocycles. The van der Waals surface area contributed by atoms with Crippen molar-refractivity contribution >= 4 is 23.5 Å². The van der Waals surface area contributed by atoms with Crippen molar-refractivity contribution in [1.29, 1.82) is 0 Å². The van der Waals surface area contributed by atoms with Gasteiger partial charge in [-0.05, 0) is 49.3 Å². The van der Waals surface area contributed by atoms with Gasteiger partial charge in [-0.25, -0.2) is 4.39 Å². The Morgan fingerprint density at radius 3 is 2.78 bits per heavy atom. The van der Waals surface area contributed by atoms with E-state index in [2.05, 4.69) is 15.8 Å². The molecule has 1 saturated carbocycles. The molecule has 1 aromatic carbocycles. The van der Waals surface area contributed by atoms with Gasteiger partial charge in [0, 0.05) is 6.04 Å². The van der Waals surface area contributed by atoms with Crippen molar-refractivity contribution in [3.63, 3.8) is 0 Å². The van der Waals surface area contributed by atoms with E-state index >= 15 is 0 Å². The highest BCUT2D eigenvalue weighted by molar-refractivity contribution is 7.80. The highest BCUT2D eigenvalue weighted by Crippen LogP contribution is 2.24. The van der Waals surface area contributed by atoms with Crippen LogP contribution in [0.2, 0.25) is 0 Å². The Balaban J connectivity index is 1.56. The first-order chi connectivity index (χ1) is 11.2. The molecule has 0 saturated heterocycles.